The normalized spacial score (nSPS) is 10.8. The molecule has 0 amide bonds. The van der Waals surface area contributed by atoms with E-state index in [2.05, 4.69) is 9.97 Å². The number of rotatable bonds is 1. The maximum atomic E-state index is 11.6. The molecule has 0 bridgehead atoms. The standard InChI is InChI=1S/C13H11N3O/c14-9-3-1-8(2-4-9)11-7-16-13(17)12-10(11)5-6-15-12/h1-7,15H,14H2,(H,16,17). The van der Waals surface area contributed by atoms with Crippen LogP contribution in [0.25, 0.3) is 22.0 Å². The van der Waals surface area contributed by atoms with Crippen LogP contribution in [-0.2, 0) is 0 Å². The number of nitrogen functional groups attached to an aromatic ring is 1. The lowest BCUT2D eigenvalue weighted by molar-refractivity contribution is 1.26. The summed E-state index contributed by atoms with van der Waals surface area (Å²) >= 11 is 0. The van der Waals surface area contributed by atoms with Crippen molar-refractivity contribution in [3.63, 3.8) is 0 Å². The van der Waals surface area contributed by atoms with Gasteiger partial charge in [-0.05, 0) is 23.8 Å². The molecule has 3 rings (SSSR count). The summed E-state index contributed by atoms with van der Waals surface area (Å²) in [5, 5.41) is 0.915. The predicted molar refractivity (Wildman–Crippen MR) is 68.8 cm³/mol. The third-order valence-corrected chi connectivity index (χ3v) is 2.83. The van der Waals surface area contributed by atoms with E-state index in [0.29, 0.717) is 5.52 Å². The van der Waals surface area contributed by atoms with Crippen LogP contribution < -0.4 is 11.3 Å². The number of nitrogens with two attached hydrogens (primary N) is 1. The highest BCUT2D eigenvalue weighted by Crippen LogP contribution is 2.26. The Hall–Kier alpha value is -2.49. The smallest absolute Gasteiger partial charge is 0.272 e. The maximum Gasteiger partial charge on any atom is 0.272 e. The molecule has 0 radical (unpaired) electrons. The van der Waals surface area contributed by atoms with Gasteiger partial charge >= 0.3 is 0 Å². The number of hydrogen-bond acceptors (Lipinski definition) is 2. The SMILES string of the molecule is Nc1ccc(-c2c[nH]c(=O)c3[nH]ccc23)cc1. The summed E-state index contributed by atoms with van der Waals surface area (Å²) in [6, 6.07) is 9.47. The Kier molecular flexibility index (Phi) is 2.01. The minimum absolute atomic E-state index is 0.107. The Labute approximate surface area is 97.1 Å². The van der Waals surface area contributed by atoms with E-state index in [1.54, 1.807) is 12.4 Å². The van der Waals surface area contributed by atoms with Crippen molar-refractivity contribution < 1.29 is 0 Å². The minimum atomic E-state index is -0.107. The highest BCUT2D eigenvalue weighted by atomic mass is 16.1. The number of H-pyrrole nitrogens is 2. The number of anilines is 1. The summed E-state index contributed by atoms with van der Waals surface area (Å²) in [4.78, 5) is 17.2. The van der Waals surface area contributed by atoms with Crippen molar-refractivity contribution in [3.8, 4) is 11.1 Å². The van der Waals surface area contributed by atoms with Gasteiger partial charge in [-0.2, -0.15) is 0 Å². The second kappa shape index (κ2) is 3.52. The first kappa shape index (κ1) is 9.72. The lowest BCUT2D eigenvalue weighted by Gasteiger charge is -2.03. The number of benzene rings is 1. The zero-order valence-electron chi connectivity index (χ0n) is 9.03. The Bertz CT molecular complexity index is 722. The number of fused-ring (bicyclic) bond motifs is 1. The predicted octanol–water partition coefficient (Wildman–Crippen LogP) is 2.11. The fourth-order valence-electron chi connectivity index (χ4n) is 1.97. The number of nitrogens with one attached hydrogen (secondary N) is 2. The number of aromatic amines is 2. The molecule has 0 saturated heterocycles. The van der Waals surface area contributed by atoms with E-state index < -0.39 is 0 Å². The van der Waals surface area contributed by atoms with Gasteiger partial charge in [-0.3, -0.25) is 4.79 Å². The molecule has 0 saturated carbocycles. The Balaban J connectivity index is 2.31. The molecule has 4 heteroatoms. The molecule has 2 heterocycles. The van der Waals surface area contributed by atoms with E-state index in [1.807, 2.05) is 30.3 Å². The zero-order valence-corrected chi connectivity index (χ0v) is 9.03. The Morgan fingerprint density at radius 3 is 2.53 bits per heavy atom. The van der Waals surface area contributed by atoms with Crippen molar-refractivity contribution in [2.24, 2.45) is 0 Å². The van der Waals surface area contributed by atoms with Gasteiger partial charge in [0.1, 0.15) is 5.52 Å². The first-order valence-electron chi connectivity index (χ1n) is 5.30. The fraction of sp³-hybridized carbons (Fsp3) is 0. The minimum Gasteiger partial charge on any atom is -0.399 e. The van der Waals surface area contributed by atoms with Crippen LogP contribution in [0.3, 0.4) is 0 Å². The van der Waals surface area contributed by atoms with E-state index in [-0.39, 0.29) is 5.56 Å². The first-order valence-corrected chi connectivity index (χ1v) is 5.30. The van der Waals surface area contributed by atoms with Crippen molar-refractivity contribution in [1.29, 1.82) is 0 Å². The topological polar surface area (TPSA) is 74.7 Å². The van der Waals surface area contributed by atoms with Gasteiger partial charge in [0.2, 0.25) is 0 Å². The van der Waals surface area contributed by atoms with Gasteiger partial charge in [0.15, 0.2) is 0 Å². The summed E-state index contributed by atoms with van der Waals surface area (Å²) in [7, 11) is 0. The second-order valence-corrected chi connectivity index (χ2v) is 3.92. The van der Waals surface area contributed by atoms with Crippen LogP contribution in [0.1, 0.15) is 0 Å². The van der Waals surface area contributed by atoms with Crippen molar-refractivity contribution in [1.82, 2.24) is 9.97 Å². The van der Waals surface area contributed by atoms with Crippen molar-refractivity contribution in [2.45, 2.75) is 0 Å². The van der Waals surface area contributed by atoms with Crippen molar-refractivity contribution >= 4 is 16.6 Å². The monoisotopic (exact) mass is 225 g/mol. The van der Waals surface area contributed by atoms with Gasteiger partial charge in [-0.25, -0.2) is 0 Å². The largest absolute Gasteiger partial charge is 0.399 e. The average Bonchev–Trinajstić information content (AvgIpc) is 2.81. The van der Waals surface area contributed by atoms with Gasteiger partial charge in [0.05, 0.1) is 0 Å². The molecule has 1 aromatic carbocycles. The van der Waals surface area contributed by atoms with E-state index in [1.165, 1.54) is 0 Å². The van der Waals surface area contributed by atoms with Gasteiger partial charge in [-0.1, -0.05) is 12.1 Å². The Morgan fingerprint density at radius 2 is 1.76 bits per heavy atom. The molecule has 0 unspecified atom stereocenters. The van der Waals surface area contributed by atoms with Gasteiger partial charge in [0, 0.05) is 29.0 Å². The van der Waals surface area contributed by atoms with E-state index in [4.69, 9.17) is 5.73 Å². The molecule has 3 aromatic rings. The van der Waals surface area contributed by atoms with Gasteiger partial charge in [0.25, 0.3) is 5.56 Å². The van der Waals surface area contributed by atoms with E-state index in [0.717, 1.165) is 22.2 Å². The molecule has 0 aliphatic carbocycles. The third kappa shape index (κ3) is 1.50. The number of hydrogen-bond donors (Lipinski definition) is 3. The summed E-state index contributed by atoms with van der Waals surface area (Å²) in [5.41, 5.74) is 8.89. The number of pyridine rings is 1. The lowest BCUT2D eigenvalue weighted by Crippen LogP contribution is -2.05. The van der Waals surface area contributed by atoms with Crippen molar-refractivity contribution in [3.05, 3.63) is 53.1 Å². The molecule has 0 fully saturated rings. The molecule has 0 aliphatic heterocycles. The Morgan fingerprint density at radius 1 is 1.00 bits per heavy atom. The molecule has 17 heavy (non-hydrogen) atoms. The van der Waals surface area contributed by atoms with Crippen LogP contribution in [0.5, 0.6) is 0 Å². The van der Waals surface area contributed by atoms with Crippen LogP contribution in [0, 0.1) is 0 Å². The summed E-state index contributed by atoms with van der Waals surface area (Å²) < 4.78 is 0. The molecule has 2 aromatic heterocycles. The second-order valence-electron chi connectivity index (χ2n) is 3.92. The summed E-state index contributed by atoms with van der Waals surface area (Å²) in [6.45, 7) is 0. The molecule has 4 nitrogen and oxygen atoms in total. The molecular formula is C13H11N3O. The van der Waals surface area contributed by atoms with Crippen molar-refractivity contribution in [2.75, 3.05) is 5.73 Å². The molecule has 0 aliphatic rings. The number of aromatic nitrogens is 2. The highest BCUT2D eigenvalue weighted by Gasteiger charge is 2.07. The van der Waals surface area contributed by atoms with E-state index in [9.17, 15) is 4.79 Å². The van der Waals surface area contributed by atoms with Gasteiger partial charge in [-0.15, -0.1) is 0 Å². The molecule has 84 valence electrons. The van der Waals surface area contributed by atoms with Gasteiger partial charge < -0.3 is 15.7 Å². The van der Waals surface area contributed by atoms with Crippen LogP contribution in [0.15, 0.2) is 47.5 Å². The van der Waals surface area contributed by atoms with E-state index >= 15 is 0 Å². The van der Waals surface area contributed by atoms with Crippen LogP contribution >= 0.6 is 0 Å². The first-order chi connectivity index (χ1) is 8.25. The zero-order chi connectivity index (χ0) is 11.8. The molecular weight excluding hydrogens is 214 g/mol. The highest BCUT2D eigenvalue weighted by molar-refractivity contribution is 5.94. The maximum absolute atomic E-state index is 11.6. The van der Waals surface area contributed by atoms with Crippen LogP contribution in [0.2, 0.25) is 0 Å². The van der Waals surface area contributed by atoms with Crippen LogP contribution in [0.4, 0.5) is 5.69 Å². The molecule has 4 N–H and O–H groups in total. The average molecular weight is 225 g/mol. The summed E-state index contributed by atoms with van der Waals surface area (Å²) in [5.74, 6) is 0. The summed E-state index contributed by atoms with van der Waals surface area (Å²) in [6.07, 6.45) is 3.49. The fourth-order valence-corrected chi connectivity index (χ4v) is 1.97. The van der Waals surface area contributed by atoms with Crippen LogP contribution in [-0.4, -0.2) is 9.97 Å². The molecule has 0 spiro atoms. The lowest BCUT2D eigenvalue weighted by atomic mass is 10.0. The molecule has 0 atom stereocenters. The quantitative estimate of drug-likeness (QED) is 0.555. The third-order valence-electron chi connectivity index (χ3n) is 2.83.